The van der Waals surface area contributed by atoms with Gasteiger partial charge in [-0.05, 0) is 18.9 Å². The minimum atomic E-state index is -4.42. The van der Waals surface area contributed by atoms with E-state index in [0.717, 1.165) is 6.07 Å². The van der Waals surface area contributed by atoms with E-state index in [1.165, 1.54) is 0 Å². The van der Waals surface area contributed by atoms with Gasteiger partial charge in [0.2, 0.25) is 0 Å². The molecular formula is C14H13ClF4O3. The highest BCUT2D eigenvalue weighted by molar-refractivity contribution is 6.32. The van der Waals surface area contributed by atoms with Gasteiger partial charge in [0.05, 0.1) is 16.0 Å². The standard InChI is InChI=1S/C14H13ClF4O3/c15-9-5-8(12(20)21)10(16)6-11(9)22-7-13(14(17,18)19)3-1-2-4-13/h5-6H,1-4,7H2,(H,20,21). The molecule has 0 bridgehead atoms. The van der Waals surface area contributed by atoms with Crippen LogP contribution in [0.15, 0.2) is 12.1 Å². The Balaban J connectivity index is 2.21. The fourth-order valence-electron chi connectivity index (χ4n) is 2.58. The van der Waals surface area contributed by atoms with E-state index in [1.807, 2.05) is 0 Å². The van der Waals surface area contributed by atoms with E-state index < -0.39 is 35.5 Å². The fourth-order valence-corrected chi connectivity index (χ4v) is 2.80. The molecule has 0 saturated heterocycles. The first-order chi connectivity index (χ1) is 10.2. The maximum Gasteiger partial charge on any atom is 0.397 e. The molecule has 22 heavy (non-hydrogen) atoms. The predicted octanol–water partition coefficient (Wildman–Crippen LogP) is 4.68. The first-order valence-electron chi connectivity index (χ1n) is 6.58. The zero-order chi connectivity index (χ0) is 16.5. The molecule has 1 aliphatic rings. The highest BCUT2D eigenvalue weighted by Crippen LogP contribution is 2.50. The number of rotatable bonds is 4. The number of hydrogen-bond donors (Lipinski definition) is 1. The van der Waals surface area contributed by atoms with Crippen LogP contribution in [-0.4, -0.2) is 23.9 Å². The number of hydrogen-bond acceptors (Lipinski definition) is 2. The Kier molecular flexibility index (Phi) is 4.56. The molecule has 0 amide bonds. The number of aromatic carboxylic acids is 1. The molecule has 2 rings (SSSR count). The molecule has 1 aromatic rings. The quantitative estimate of drug-likeness (QED) is 0.810. The lowest BCUT2D eigenvalue weighted by atomic mass is 9.86. The summed E-state index contributed by atoms with van der Waals surface area (Å²) < 4.78 is 58.3. The van der Waals surface area contributed by atoms with Crippen molar-refractivity contribution in [3.8, 4) is 5.75 Å². The van der Waals surface area contributed by atoms with E-state index in [1.54, 1.807) is 0 Å². The van der Waals surface area contributed by atoms with Gasteiger partial charge in [0.15, 0.2) is 0 Å². The van der Waals surface area contributed by atoms with Crippen LogP contribution in [0.2, 0.25) is 5.02 Å². The number of carbonyl (C=O) groups is 1. The number of benzene rings is 1. The van der Waals surface area contributed by atoms with Crippen LogP contribution in [0.3, 0.4) is 0 Å². The van der Waals surface area contributed by atoms with Crippen LogP contribution in [-0.2, 0) is 0 Å². The Bertz CT molecular complexity index is 580. The molecule has 1 aromatic carbocycles. The van der Waals surface area contributed by atoms with E-state index in [9.17, 15) is 22.4 Å². The highest BCUT2D eigenvalue weighted by Gasteiger charge is 2.56. The Morgan fingerprint density at radius 1 is 1.32 bits per heavy atom. The molecule has 0 aliphatic heterocycles. The van der Waals surface area contributed by atoms with Crippen LogP contribution in [0.25, 0.3) is 0 Å². The summed E-state index contributed by atoms with van der Waals surface area (Å²) in [6.45, 7) is -0.665. The topological polar surface area (TPSA) is 46.5 Å². The van der Waals surface area contributed by atoms with E-state index in [4.69, 9.17) is 21.4 Å². The maximum absolute atomic E-state index is 13.6. The van der Waals surface area contributed by atoms with E-state index in [0.29, 0.717) is 18.9 Å². The minimum Gasteiger partial charge on any atom is -0.491 e. The van der Waals surface area contributed by atoms with Gasteiger partial charge in [0.1, 0.15) is 18.2 Å². The molecule has 0 unspecified atom stereocenters. The molecule has 0 heterocycles. The second-order valence-electron chi connectivity index (χ2n) is 5.34. The monoisotopic (exact) mass is 340 g/mol. The lowest BCUT2D eigenvalue weighted by Gasteiger charge is -2.31. The number of carboxylic acids is 1. The van der Waals surface area contributed by atoms with Crippen molar-refractivity contribution in [3.63, 3.8) is 0 Å². The van der Waals surface area contributed by atoms with Crippen LogP contribution in [0.5, 0.6) is 5.75 Å². The summed E-state index contributed by atoms with van der Waals surface area (Å²) in [5.41, 5.74) is -2.62. The number of ether oxygens (including phenoxy) is 1. The smallest absolute Gasteiger partial charge is 0.397 e. The van der Waals surface area contributed by atoms with Gasteiger partial charge in [-0.1, -0.05) is 24.4 Å². The Labute approximate surface area is 128 Å². The summed E-state index contributed by atoms with van der Waals surface area (Å²) in [6.07, 6.45) is -3.63. The van der Waals surface area contributed by atoms with Gasteiger partial charge in [-0.15, -0.1) is 0 Å². The van der Waals surface area contributed by atoms with Crippen LogP contribution in [0.4, 0.5) is 17.6 Å². The summed E-state index contributed by atoms with van der Waals surface area (Å²) in [7, 11) is 0. The van der Waals surface area contributed by atoms with Crippen molar-refractivity contribution in [2.24, 2.45) is 5.41 Å². The molecule has 122 valence electrons. The molecule has 0 spiro atoms. The second-order valence-corrected chi connectivity index (χ2v) is 5.75. The van der Waals surface area contributed by atoms with Crippen molar-refractivity contribution >= 4 is 17.6 Å². The van der Waals surface area contributed by atoms with Crippen molar-refractivity contribution in [2.45, 2.75) is 31.9 Å². The lowest BCUT2D eigenvalue weighted by molar-refractivity contribution is -0.230. The minimum absolute atomic E-state index is 0.0518. The van der Waals surface area contributed by atoms with Crippen molar-refractivity contribution < 1.29 is 32.2 Å². The van der Waals surface area contributed by atoms with Crippen molar-refractivity contribution in [1.29, 1.82) is 0 Å². The van der Waals surface area contributed by atoms with Crippen molar-refractivity contribution in [3.05, 3.63) is 28.5 Å². The van der Waals surface area contributed by atoms with Crippen molar-refractivity contribution in [1.82, 2.24) is 0 Å². The lowest BCUT2D eigenvalue weighted by Crippen LogP contribution is -2.40. The Hall–Kier alpha value is -1.50. The van der Waals surface area contributed by atoms with E-state index in [2.05, 4.69) is 0 Å². The second kappa shape index (κ2) is 5.95. The summed E-state index contributed by atoms with van der Waals surface area (Å²) in [4.78, 5) is 10.7. The molecule has 0 aromatic heterocycles. The number of alkyl halides is 3. The van der Waals surface area contributed by atoms with Gasteiger partial charge in [0, 0.05) is 6.07 Å². The fraction of sp³-hybridized carbons (Fsp3) is 0.500. The molecule has 1 fully saturated rings. The Morgan fingerprint density at radius 3 is 2.41 bits per heavy atom. The Morgan fingerprint density at radius 2 is 1.91 bits per heavy atom. The van der Waals surface area contributed by atoms with Crippen LogP contribution >= 0.6 is 11.6 Å². The maximum atomic E-state index is 13.6. The average Bonchev–Trinajstić information content (AvgIpc) is 2.88. The largest absolute Gasteiger partial charge is 0.491 e. The van der Waals surface area contributed by atoms with Gasteiger partial charge in [-0.25, -0.2) is 9.18 Å². The first-order valence-corrected chi connectivity index (χ1v) is 6.96. The molecule has 8 heteroatoms. The third kappa shape index (κ3) is 3.14. The summed E-state index contributed by atoms with van der Waals surface area (Å²) in [5, 5.41) is 8.50. The van der Waals surface area contributed by atoms with E-state index >= 15 is 0 Å². The van der Waals surface area contributed by atoms with Crippen molar-refractivity contribution in [2.75, 3.05) is 6.61 Å². The normalized spacial score (nSPS) is 17.5. The summed E-state index contributed by atoms with van der Waals surface area (Å²) >= 11 is 5.75. The SMILES string of the molecule is O=C(O)c1cc(Cl)c(OCC2(C(F)(F)F)CCCC2)cc1F. The molecule has 0 atom stereocenters. The molecular weight excluding hydrogens is 328 g/mol. The summed E-state index contributed by atoms with van der Waals surface area (Å²) in [6, 6.07) is 1.52. The third-order valence-electron chi connectivity index (χ3n) is 3.92. The number of carboxylic acid groups (broad SMARTS) is 1. The predicted molar refractivity (Wildman–Crippen MR) is 70.8 cm³/mol. The summed E-state index contributed by atoms with van der Waals surface area (Å²) in [5.74, 6) is -2.92. The van der Waals surface area contributed by atoms with Gasteiger partial charge in [-0.3, -0.25) is 0 Å². The molecule has 1 saturated carbocycles. The van der Waals surface area contributed by atoms with Crippen LogP contribution < -0.4 is 4.74 Å². The molecule has 3 nitrogen and oxygen atoms in total. The van der Waals surface area contributed by atoms with Crippen LogP contribution in [0.1, 0.15) is 36.0 Å². The van der Waals surface area contributed by atoms with E-state index in [-0.39, 0.29) is 23.6 Å². The van der Waals surface area contributed by atoms with Gasteiger partial charge >= 0.3 is 12.1 Å². The zero-order valence-corrected chi connectivity index (χ0v) is 12.1. The van der Waals surface area contributed by atoms with Gasteiger partial charge in [-0.2, -0.15) is 13.2 Å². The average molecular weight is 341 g/mol. The number of halogens is 5. The van der Waals surface area contributed by atoms with Gasteiger partial charge < -0.3 is 9.84 Å². The zero-order valence-electron chi connectivity index (χ0n) is 11.3. The first kappa shape index (κ1) is 16.9. The molecule has 1 aliphatic carbocycles. The van der Waals surface area contributed by atoms with Gasteiger partial charge in [0.25, 0.3) is 0 Å². The molecule has 0 radical (unpaired) electrons. The molecule has 1 N–H and O–H groups in total. The highest BCUT2D eigenvalue weighted by atomic mass is 35.5. The third-order valence-corrected chi connectivity index (χ3v) is 4.21. The van der Waals surface area contributed by atoms with Crippen LogP contribution in [0, 0.1) is 11.2 Å².